The zero-order valence-corrected chi connectivity index (χ0v) is 11.1. The number of fused-ring (bicyclic) bond motifs is 1. The van der Waals surface area contributed by atoms with E-state index in [-0.39, 0.29) is 6.04 Å². The lowest BCUT2D eigenvalue weighted by Crippen LogP contribution is -2.45. The second kappa shape index (κ2) is 4.57. The predicted octanol–water partition coefficient (Wildman–Crippen LogP) is 0.752. The number of carbonyl (C=O) groups is 1. The van der Waals surface area contributed by atoms with Crippen LogP contribution < -0.4 is 0 Å². The van der Waals surface area contributed by atoms with Gasteiger partial charge in [-0.2, -0.15) is 4.31 Å². The van der Waals surface area contributed by atoms with Gasteiger partial charge in [0, 0.05) is 6.04 Å². The van der Waals surface area contributed by atoms with Crippen molar-refractivity contribution in [2.24, 2.45) is 5.92 Å². The normalized spacial score (nSPS) is 34.4. The third kappa shape index (κ3) is 2.33. The van der Waals surface area contributed by atoms with E-state index in [0.717, 1.165) is 25.7 Å². The van der Waals surface area contributed by atoms with Crippen molar-refractivity contribution in [2.45, 2.75) is 44.2 Å². The van der Waals surface area contributed by atoms with Crippen LogP contribution in [0.15, 0.2) is 0 Å². The molecule has 0 aromatic rings. The van der Waals surface area contributed by atoms with Crippen molar-refractivity contribution in [1.29, 1.82) is 0 Å². The highest BCUT2D eigenvalue weighted by molar-refractivity contribution is 7.88. The van der Waals surface area contributed by atoms with Crippen molar-refractivity contribution < 1.29 is 17.9 Å². The second-order valence-electron chi connectivity index (χ2n) is 4.98. The fourth-order valence-electron chi connectivity index (χ4n) is 3.23. The highest BCUT2D eigenvalue weighted by atomic mass is 32.2. The fraction of sp³-hybridized carbons (Fsp3) is 0.909. The monoisotopic (exact) mass is 261 g/mol. The predicted molar refractivity (Wildman–Crippen MR) is 62.8 cm³/mol. The van der Waals surface area contributed by atoms with E-state index in [1.165, 1.54) is 17.7 Å². The van der Waals surface area contributed by atoms with Crippen LogP contribution in [0.4, 0.5) is 0 Å². The summed E-state index contributed by atoms with van der Waals surface area (Å²) in [6.45, 7) is 0. The Labute approximate surface area is 102 Å². The maximum atomic E-state index is 11.8. The van der Waals surface area contributed by atoms with Crippen molar-refractivity contribution in [3.8, 4) is 0 Å². The molecule has 17 heavy (non-hydrogen) atoms. The standard InChI is InChI=1S/C11H19NO4S/c1-16-11(13)10-7-8-5-3-4-6-9(8)12(10)17(2,14)15/h8-10H,3-7H2,1-2H3/t8-,9+,10+/m1/s1. The topological polar surface area (TPSA) is 63.7 Å². The number of ether oxygens (including phenoxy) is 1. The van der Waals surface area contributed by atoms with Crippen molar-refractivity contribution >= 4 is 16.0 Å². The number of esters is 1. The summed E-state index contributed by atoms with van der Waals surface area (Å²) in [4.78, 5) is 11.7. The Morgan fingerprint density at radius 3 is 2.53 bits per heavy atom. The molecule has 0 aromatic heterocycles. The van der Waals surface area contributed by atoms with Crippen molar-refractivity contribution in [3.63, 3.8) is 0 Å². The summed E-state index contributed by atoms with van der Waals surface area (Å²) in [5, 5.41) is 0. The molecule has 1 saturated carbocycles. The Balaban J connectivity index is 2.30. The first kappa shape index (κ1) is 12.8. The van der Waals surface area contributed by atoms with Crippen LogP contribution in [0, 0.1) is 5.92 Å². The van der Waals surface area contributed by atoms with E-state index in [0.29, 0.717) is 12.3 Å². The first-order valence-corrected chi connectivity index (χ1v) is 7.86. The van der Waals surface area contributed by atoms with Crippen LogP contribution in [-0.2, 0) is 19.6 Å². The molecule has 2 rings (SSSR count). The summed E-state index contributed by atoms with van der Waals surface area (Å²) in [5.74, 6) is -0.104. The molecule has 1 saturated heterocycles. The van der Waals surface area contributed by atoms with E-state index >= 15 is 0 Å². The number of hydrogen-bond donors (Lipinski definition) is 0. The van der Waals surface area contributed by atoms with Crippen LogP contribution in [0.25, 0.3) is 0 Å². The molecule has 1 heterocycles. The van der Waals surface area contributed by atoms with Crippen LogP contribution in [0.3, 0.4) is 0 Å². The third-order valence-corrected chi connectivity index (χ3v) is 5.18. The number of nitrogens with zero attached hydrogens (tertiary/aromatic N) is 1. The number of methoxy groups -OCH3 is 1. The van der Waals surface area contributed by atoms with Crippen LogP contribution in [0.5, 0.6) is 0 Å². The molecule has 1 aliphatic carbocycles. The summed E-state index contributed by atoms with van der Waals surface area (Å²) >= 11 is 0. The second-order valence-corrected chi connectivity index (χ2v) is 6.87. The smallest absolute Gasteiger partial charge is 0.324 e. The van der Waals surface area contributed by atoms with Crippen molar-refractivity contribution in [2.75, 3.05) is 13.4 Å². The van der Waals surface area contributed by atoms with Crippen molar-refractivity contribution in [3.05, 3.63) is 0 Å². The molecular weight excluding hydrogens is 242 g/mol. The molecule has 0 unspecified atom stereocenters. The zero-order valence-electron chi connectivity index (χ0n) is 10.3. The first-order valence-electron chi connectivity index (χ1n) is 6.01. The van der Waals surface area contributed by atoms with Gasteiger partial charge >= 0.3 is 5.97 Å². The molecule has 0 spiro atoms. The van der Waals surface area contributed by atoms with Gasteiger partial charge in [0.15, 0.2) is 0 Å². The summed E-state index contributed by atoms with van der Waals surface area (Å²) in [5.41, 5.74) is 0. The molecule has 0 radical (unpaired) electrons. The summed E-state index contributed by atoms with van der Waals surface area (Å²) in [7, 11) is -2.03. The maximum absolute atomic E-state index is 11.8. The summed E-state index contributed by atoms with van der Waals surface area (Å²) in [6.07, 6.45) is 5.85. The van der Waals surface area contributed by atoms with Gasteiger partial charge in [-0.15, -0.1) is 0 Å². The third-order valence-electron chi connectivity index (χ3n) is 3.89. The fourth-order valence-corrected chi connectivity index (χ4v) is 4.64. The van der Waals surface area contributed by atoms with E-state index in [4.69, 9.17) is 4.74 Å². The Kier molecular flexibility index (Phi) is 3.45. The Morgan fingerprint density at radius 2 is 1.94 bits per heavy atom. The van der Waals surface area contributed by atoms with Gasteiger partial charge in [0.1, 0.15) is 6.04 Å². The largest absolute Gasteiger partial charge is 0.468 e. The lowest BCUT2D eigenvalue weighted by Gasteiger charge is -2.31. The van der Waals surface area contributed by atoms with Gasteiger partial charge in [0.05, 0.1) is 13.4 Å². The molecule has 2 aliphatic rings. The molecule has 98 valence electrons. The summed E-state index contributed by atoms with van der Waals surface area (Å²) in [6, 6.07) is -0.606. The maximum Gasteiger partial charge on any atom is 0.324 e. The Morgan fingerprint density at radius 1 is 1.29 bits per heavy atom. The van der Waals surface area contributed by atoms with Crippen molar-refractivity contribution in [1.82, 2.24) is 4.31 Å². The van der Waals surface area contributed by atoms with Gasteiger partial charge in [-0.1, -0.05) is 12.8 Å². The van der Waals surface area contributed by atoms with E-state index in [1.54, 1.807) is 0 Å². The average Bonchev–Trinajstić information content (AvgIpc) is 2.66. The van der Waals surface area contributed by atoms with E-state index < -0.39 is 22.0 Å². The molecule has 1 aliphatic heterocycles. The van der Waals surface area contributed by atoms with Crippen LogP contribution in [0.1, 0.15) is 32.1 Å². The molecule has 0 amide bonds. The van der Waals surface area contributed by atoms with Crippen LogP contribution in [0.2, 0.25) is 0 Å². The average molecular weight is 261 g/mol. The van der Waals surface area contributed by atoms with Gasteiger partial charge in [0.25, 0.3) is 0 Å². The minimum absolute atomic E-state index is 0.00264. The molecule has 0 aromatic carbocycles. The van der Waals surface area contributed by atoms with E-state index in [2.05, 4.69) is 0 Å². The van der Waals surface area contributed by atoms with Gasteiger partial charge < -0.3 is 4.74 Å². The van der Waals surface area contributed by atoms with Gasteiger partial charge in [-0.05, 0) is 25.2 Å². The molecule has 0 bridgehead atoms. The van der Waals surface area contributed by atoms with E-state index in [1.807, 2.05) is 0 Å². The lowest BCUT2D eigenvalue weighted by molar-refractivity contribution is -0.144. The SMILES string of the molecule is COC(=O)[C@@H]1C[C@H]2CCCC[C@@H]2N1S(C)(=O)=O. The molecule has 3 atom stereocenters. The number of sulfonamides is 1. The van der Waals surface area contributed by atoms with E-state index in [9.17, 15) is 13.2 Å². The number of carbonyl (C=O) groups excluding carboxylic acids is 1. The highest BCUT2D eigenvalue weighted by Gasteiger charge is 2.49. The minimum atomic E-state index is -3.34. The molecule has 2 fully saturated rings. The molecule has 5 nitrogen and oxygen atoms in total. The quantitative estimate of drug-likeness (QED) is 0.688. The van der Waals surface area contributed by atoms with Gasteiger partial charge in [-0.3, -0.25) is 4.79 Å². The zero-order chi connectivity index (χ0) is 12.6. The Hall–Kier alpha value is -0.620. The van der Waals surface area contributed by atoms with Gasteiger partial charge in [0.2, 0.25) is 10.0 Å². The van der Waals surface area contributed by atoms with Gasteiger partial charge in [-0.25, -0.2) is 8.42 Å². The Bertz CT molecular complexity index is 406. The first-order chi connectivity index (χ1) is 7.95. The number of rotatable bonds is 2. The number of hydrogen-bond acceptors (Lipinski definition) is 4. The molecule has 6 heteroatoms. The summed E-state index contributed by atoms with van der Waals surface area (Å²) < 4.78 is 29.8. The molecule has 0 N–H and O–H groups in total. The molecular formula is C11H19NO4S. The minimum Gasteiger partial charge on any atom is -0.468 e. The lowest BCUT2D eigenvalue weighted by atomic mass is 9.85. The van der Waals surface area contributed by atoms with Crippen LogP contribution in [-0.4, -0.2) is 44.1 Å². The highest BCUT2D eigenvalue weighted by Crippen LogP contribution is 2.41. The van der Waals surface area contributed by atoms with Crippen LogP contribution >= 0.6 is 0 Å².